The van der Waals surface area contributed by atoms with Crippen LogP contribution in [0.4, 0.5) is 4.39 Å². The highest BCUT2D eigenvalue weighted by Crippen LogP contribution is 2.43. The Morgan fingerprint density at radius 2 is 1.65 bits per heavy atom. The van der Waals surface area contributed by atoms with Gasteiger partial charge in [-0.15, -0.1) is 0 Å². The summed E-state index contributed by atoms with van der Waals surface area (Å²) >= 11 is 0. The van der Waals surface area contributed by atoms with Gasteiger partial charge in [0.25, 0.3) is 0 Å². The van der Waals surface area contributed by atoms with Crippen molar-refractivity contribution in [3.63, 3.8) is 0 Å². The number of ketones is 1. The van der Waals surface area contributed by atoms with Gasteiger partial charge in [-0.2, -0.15) is 0 Å². The van der Waals surface area contributed by atoms with Crippen molar-refractivity contribution in [1.29, 1.82) is 0 Å². The van der Waals surface area contributed by atoms with E-state index in [1.807, 2.05) is 30.3 Å². The number of nitrogens with zero attached hydrogens (tertiary/aromatic N) is 2. The summed E-state index contributed by atoms with van der Waals surface area (Å²) in [7, 11) is 0. The first-order valence-electron chi connectivity index (χ1n) is 11.0. The lowest BCUT2D eigenvalue weighted by Crippen LogP contribution is -2.58. The van der Waals surface area contributed by atoms with Crippen molar-refractivity contribution in [3.05, 3.63) is 106 Å². The first kappa shape index (κ1) is 20.1. The maximum absolute atomic E-state index is 14.2. The van der Waals surface area contributed by atoms with Crippen LogP contribution in [0.25, 0.3) is 0 Å². The molecule has 31 heavy (non-hydrogen) atoms. The Labute approximate surface area is 183 Å². The Bertz CT molecular complexity index is 1100. The molecule has 1 saturated heterocycles. The Hall–Kier alpha value is -2.82. The van der Waals surface area contributed by atoms with Crippen molar-refractivity contribution < 1.29 is 9.18 Å². The van der Waals surface area contributed by atoms with E-state index in [0.717, 1.165) is 49.4 Å². The van der Waals surface area contributed by atoms with Crippen molar-refractivity contribution >= 4 is 5.78 Å². The van der Waals surface area contributed by atoms with Crippen LogP contribution in [0.2, 0.25) is 0 Å². The lowest BCUT2D eigenvalue weighted by Gasteiger charge is -2.45. The van der Waals surface area contributed by atoms with E-state index in [1.54, 1.807) is 12.1 Å². The van der Waals surface area contributed by atoms with Crippen LogP contribution in [-0.4, -0.2) is 41.8 Å². The van der Waals surface area contributed by atoms with E-state index in [4.69, 9.17) is 0 Å². The predicted octanol–water partition coefficient (Wildman–Crippen LogP) is 4.59. The Morgan fingerprint density at radius 1 is 0.903 bits per heavy atom. The third-order valence-corrected chi connectivity index (χ3v) is 6.82. The zero-order valence-electron chi connectivity index (χ0n) is 17.9. The Balaban J connectivity index is 1.42. The summed E-state index contributed by atoms with van der Waals surface area (Å²) in [4.78, 5) is 18.5. The van der Waals surface area contributed by atoms with E-state index in [0.29, 0.717) is 6.42 Å². The number of fused-ring (bicyclic) bond motifs is 1. The first-order valence-corrected chi connectivity index (χ1v) is 11.0. The number of halogens is 1. The third-order valence-electron chi connectivity index (χ3n) is 6.82. The summed E-state index contributed by atoms with van der Waals surface area (Å²) in [6, 6.07) is 23.1. The number of benzene rings is 3. The van der Waals surface area contributed by atoms with E-state index in [1.165, 1.54) is 17.2 Å². The van der Waals surface area contributed by atoms with Gasteiger partial charge in [-0.3, -0.25) is 14.6 Å². The fourth-order valence-electron chi connectivity index (χ4n) is 5.13. The minimum absolute atomic E-state index is 0.0979. The molecule has 158 valence electrons. The van der Waals surface area contributed by atoms with Gasteiger partial charge in [-0.05, 0) is 35.7 Å². The average molecular weight is 415 g/mol. The molecule has 5 rings (SSSR count). The number of rotatable bonds is 4. The maximum atomic E-state index is 14.2. The van der Waals surface area contributed by atoms with Crippen LogP contribution in [0.5, 0.6) is 0 Å². The van der Waals surface area contributed by atoms with Gasteiger partial charge in [0.15, 0.2) is 5.78 Å². The molecule has 2 aliphatic rings. The predicted molar refractivity (Wildman–Crippen MR) is 121 cm³/mol. The zero-order chi connectivity index (χ0) is 21.4. The molecule has 4 heteroatoms. The van der Waals surface area contributed by atoms with Crippen molar-refractivity contribution in [2.24, 2.45) is 0 Å². The molecule has 0 aromatic heterocycles. The number of piperazine rings is 1. The highest BCUT2D eigenvalue weighted by Gasteiger charge is 2.51. The van der Waals surface area contributed by atoms with Crippen molar-refractivity contribution in [1.82, 2.24) is 9.80 Å². The SMILES string of the molecule is Cc1ccc(CN2CCN(C3(c4cccc(F)c4)Cc4ccccc4C3=O)CC2)cc1. The average Bonchev–Trinajstić information content (AvgIpc) is 3.09. The van der Waals surface area contributed by atoms with Gasteiger partial charge < -0.3 is 0 Å². The quantitative estimate of drug-likeness (QED) is 0.624. The number of hydrogen-bond donors (Lipinski definition) is 0. The molecule has 3 aromatic carbocycles. The van der Waals surface area contributed by atoms with E-state index >= 15 is 0 Å². The second kappa shape index (κ2) is 8.03. The lowest BCUT2D eigenvalue weighted by atomic mass is 9.83. The largest absolute Gasteiger partial charge is 0.297 e. The summed E-state index contributed by atoms with van der Waals surface area (Å²) in [5, 5.41) is 0. The molecule has 1 aliphatic carbocycles. The molecule has 0 saturated carbocycles. The van der Waals surface area contributed by atoms with Gasteiger partial charge >= 0.3 is 0 Å². The van der Waals surface area contributed by atoms with Crippen LogP contribution in [0.3, 0.4) is 0 Å². The van der Waals surface area contributed by atoms with Crippen LogP contribution >= 0.6 is 0 Å². The molecule has 1 heterocycles. The van der Waals surface area contributed by atoms with Crippen molar-refractivity contribution in [2.75, 3.05) is 26.2 Å². The Morgan fingerprint density at radius 3 is 2.35 bits per heavy atom. The lowest BCUT2D eigenvalue weighted by molar-refractivity contribution is 0.0287. The monoisotopic (exact) mass is 414 g/mol. The van der Waals surface area contributed by atoms with Crippen LogP contribution < -0.4 is 0 Å². The molecule has 0 N–H and O–H groups in total. The molecule has 0 radical (unpaired) electrons. The molecular formula is C27H27FN2O. The summed E-state index contributed by atoms with van der Waals surface area (Å²) < 4.78 is 14.2. The standard InChI is InChI=1S/C27H27FN2O/c1-20-9-11-21(12-10-20)19-29-13-15-30(16-14-29)27(23-6-4-7-24(28)17-23)18-22-5-2-3-8-25(22)26(27)31/h2-12,17H,13-16,18-19H2,1H3. The van der Waals surface area contributed by atoms with Crippen LogP contribution in [0.15, 0.2) is 72.8 Å². The van der Waals surface area contributed by atoms with E-state index < -0.39 is 5.54 Å². The molecule has 1 unspecified atom stereocenters. The van der Waals surface area contributed by atoms with Crippen LogP contribution in [0.1, 0.15) is 32.6 Å². The molecule has 0 spiro atoms. The zero-order valence-corrected chi connectivity index (χ0v) is 17.9. The van der Waals surface area contributed by atoms with Crippen LogP contribution in [0, 0.1) is 12.7 Å². The summed E-state index contributed by atoms with van der Waals surface area (Å²) in [5.74, 6) is -0.195. The second-order valence-corrected chi connectivity index (χ2v) is 8.78. The highest BCUT2D eigenvalue weighted by atomic mass is 19.1. The highest BCUT2D eigenvalue weighted by molar-refractivity contribution is 6.08. The normalized spacial score (nSPS) is 21.9. The van der Waals surface area contributed by atoms with Crippen LogP contribution in [-0.2, 0) is 18.5 Å². The summed E-state index contributed by atoms with van der Waals surface area (Å²) in [5.41, 5.74) is 4.35. The summed E-state index contributed by atoms with van der Waals surface area (Å²) in [6.45, 7) is 6.34. The van der Waals surface area contributed by atoms with Crippen molar-refractivity contribution in [2.45, 2.75) is 25.4 Å². The van der Waals surface area contributed by atoms with E-state index in [9.17, 15) is 9.18 Å². The number of aryl methyl sites for hydroxylation is 1. The first-order chi connectivity index (χ1) is 15.1. The maximum Gasteiger partial charge on any atom is 0.188 e. The van der Waals surface area contributed by atoms with Gasteiger partial charge in [0, 0.05) is 44.7 Å². The molecule has 3 nitrogen and oxygen atoms in total. The van der Waals surface area contributed by atoms with Gasteiger partial charge in [0.1, 0.15) is 11.4 Å². The number of hydrogen-bond acceptors (Lipinski definition) is 3. The number of Topliss-reactive ketones (excluding diaryl/α,β-unsaturated/α-hetero) is 1. The van der Waals surface area contributed by atoms with E-state index in [2.05, 4.69) is 41.0 Å². The molecule has 1 atom stereocenters. The molecule has 1 aliphatic heterocycles. The molecule has 0 bridgehead atoms. The Kier molecular flexibility index (Phi) is 5.20. The van der Waals surface area contributed by atoms with Crippen molar-refractivity contribution in [3.8, 4) is 0 Å². The molecular weight excluding hydrogens is 387 g/mol. The minimum Gasteiger partial charge on any atom is -0.297 e. The van der Waals surface area contributed by atoms with Gasteiger partial charge in [0.2, 0.25) is 0 Å². The molecule has 0 amide bonds. The second-order valence-electron chi connectivity index (χ2n) is 8.78. The van der Waals surface area contributed by atoms with Gasteiger partial charge in [-0.1, -0.05) is 66.2 Å². The third kappa shape index (κ3) is 3.60. The number of carbonyl (C=O) groups is 1. The molecule has 1 fully saturated rings. The van der Waals surface area contributed by atoms with Gasteiger partial charge in [-0.25, -0.2) is 4.39 Å². The van der Waals surface area contributed by atoms with Gasteiger partial charge in [0.05, 0.1) is 0 Å². The number of carbonyl (C=O) groups excluding carboxylic acids is 1. The fourth-order valence-corrected chi connectivity index (χ4v) is 5.13. The minimum atomic E-state index is -0.818. The topological polar surface area (TPSA) is 23.6 Å². The summed E-state index contributed by atoms with van der Waals surface area (Å²) in [6.07, 6.45) is 0.601. The smallest absolute Gasteiger partial charge is 0.188 e. The fraction of sp³-hybridized carbons (Fsp3) is 0.296. The van der Waals surface area contributed by atoms with E-state index in [-0.39, 0.29) is 11.6 Å². The molecule has 3 aromatic rings.